The third-order valence-corrected chi connectivity index (χ3v) is 3.30. The zero-order chi connectivity index (χ0) is 15.3. The number of nitrogens with two attached hydrogens (primary N) is 1. The molecule has 1 heterocycles. The summed E-state index contributed by atoms with van der Waals surface area (Å²) in [5.74, 6) is -0.364. The molecule has 1 rings (SSSR count). The number of hydrogen-bond acceptors (Lipinski definition) is 8. The Labute approximate surface area is 122 Å². The maximum atomic E-state index is 11.8. The van der Waals surface area contributed by atoms with Crippen LogP contribution >= 0.6 is 11.5 Å². The Kier molecular flexibility index (Phi) is 5.73. The lowest BCUT2D eigenvalue weighted by molar-refractivity contribution is 0.0455. The van der Waals surface area contributed by atoms with Crippen LogP contribution in [-0.4, -0.2) is 59.7 Å². The van der Waals surface area contributed by atoms with Gasteiger partial charge in [0.05, 0.1) is 12.2 Å². The van der Waals surface area contributed by atoms with Crippen LogP contribution in [0.15, 0.2) is 0 Å². The Morgan fingerprint density at radius 1 is 1.60 bits per heavy atom. The fourth-order valence-corrected chi connectivity index (χ4v) is 2.53. The maximum absolute atomic E-state index is 11.8. The molecule has 0 aliphatic heterocycles. The maximum Gasteiger partial charge on any atom is 0.344 e. The number of esters is 1. The third kappa shape index (κ3) is 4.62. The van der Waals surface area contributed by atoms with Crippen LogP contribution in [0, 0.1) is 0 Å². The first-order valence-electron chi connectivity index (χ1n) is 6.30. The number of aromatic nitrogens is 1. The number of rotatable bonds is 7. The molecular weight excluding hydrogens is 280 g/mol. The molecule has 7 nitrogen and oxygen atoms in total. The lowest BCUT2D eigenvalue weighted by Crippen LogP contribution is -2.43. The Morgan fingerprint density at radius 2 is 2.25 bits per heavy atom. The molecule has 8 heteroatoms. The van der Waals surface area contributed by atoms with Crippen LogP contribution in [-0.2, 0) is 4.74 Å². The lowest BCUT2D eigenvalue weighted by atomic mass is 10.1. The van der Waals surface area contributed by atoms with Gasteiger partial charge in [-0.25, -0.2) is 4.79 Å². The van der Waals surface area contributed by atoms with Crippen molar-refractivity contribution < 1.29 is 14.6 Å². The number of nitrogen functional groups attached to an aromatic ring is 1. The van der Waals surface area contributed by atoms with Gasteiger partial charge in [-0.2, -0.15) is 4.37 Å². The number of ether oxygens (including phenoxy) is 1. The van der Waals surface area contributed by atoms with Crippen LogP contribution in [0.4, 0.5) is 10.8 Å². The van der Waals surface area contributed by atoms with Crippen molar-refractivity contribution in [2.24, 2.45) is 0 Å². The van der Waals surface area contributed by atoms with E-state index in [1.807, 2.05) is 19.0 Å². The second-order valence-electron chi connectivity index (χ2n) is 5.08. The van der Waals surface area contributed by atoms with Gasteiger partial charge in [-0.3, -0.25) is 0 Å². The van der Waals surface area contributed by atoms with Crippen molar-refractivity contribution in [3.8, 4) is 0 Å². The van der Waals surface area contributed by atoms with E-state index in [9.17, 15) is 9.90 Å². The van der Waals surface area contributed by atoms with Crippen LogP contribution in [0.3, 0.4) is 0 Å². The number of nitrogens with one attached hydrogen (secondary N) is 1. The van der Waals surface area contributed by atoms with Crippen LogP contribution in [0.25, 0.3) is 0 Å². The smallest absolute Gasteiger partial charge is 0.344 e. The van der Waals surface area contributed by atoms with Gasteiger partial charge in [0.25, 0.3) is 0 Å². The molecule has 114 valence electrons. The van der Waals surface area contributed by atoms with Crippen LogP contribution in [0.5, 0.6) is 0 Å². The van der Waals surface area contributed by atoms with Crippen molar-refractivity contribution in [3.05, 3.63) is 5.56 Å². The quantitative estimate of drug-likeness (QED) is 0.635. The molecule has 0 aromatic carbocycles. The van der Waals surface area contributed by atoms with E-state index in [-0.39, 0.29) is 24.5 Å². The second-order valence-corrected chi connectivity index (χ2v) is 5.85. The molecule has 1 aromatic rings. The van der Waals surface area contributed by atoms with Crippen molar-refractivity contribution in [2.75, 3.05) is 44.8 Å². The van der Waals surface area contributed by atoms with E-state index in [2.05, 4.69) is 9.69 Å². The molecule has 1 aromatic heterocycles. The topological polar surface area (TPSA) is 101 Å². The van der Waals surface area contributed by atoms with Crippen LogP contribution < -0.4 is 11.1 Å². The van der Waals surface area contributed by atoms with Gasteiger partial charge in [-0.1, -0.05) is 0 Å². The van der Waals surface area contributed by atoms with E-state index in [1.54, 1.807) is 13.8 Å². The molecule has 20 heavy (non-hydrogen) atoms. The number of nitrogens with zero attached hydrogens (tertiary/aromatic N) is 2. The minimum absolute atomic E-state index is 0.142. The molecule has 0 fully saturated rings. The zero-order valence-electron chi connectivity index (χ0n) is 12.3. The summed E-state index contributed by atoms with van der Waals surface area (Å²) in [6, 6.07) is 0. The summed E-state index contributed by atoms with van der Waals surface area (Å²) in [5, 5.41) is 13.7. The summed E-state index contributed by atoms with van der Waals surface area (Å²) in [6.45, 7) is 4.48. The van der Waals surface area contributed by atoms with E-state index in [1.165, 1.54) is 0 Å². The van der Waals surface area contributed by atoms with Gasteiger partial charge in [-0.05, 0) is 39.5 Å². The monoisotopic (exact) mass is 302 g/mol. The number of carbonyl (C=O) groups is 1. The molecule has 0 spiro atoms. The summed E-state index contributed by atoms with van der Waals surface area (Å²) in [5.41, 5.74) is 4.98. The largest absolute Gasteiger partial charge is 0.462 e. The van der Waals surface area contributed by atoms with Gasteiger partial charge in [0.15, 0.2) is 5.82 Å². The molecule has 0 radical (unpaired) electrons. The van der Waals surface area contributed by atoms with Gasteiger partial charge in [-0.15, -0.1) is 0 Å². The number of anilines is 2. The summed E-state index contributed by atoms with van der Waals surface area (Å²) >= 11 is 1.08. The number of hydrogen-bond donors (Lipinski definition) is 3. The average Bonchev–Trinajstić information content (AvgIpc) is 2.67. The van der Waals surface area contributed by atoms with Crippen LogP contribution in [0.1, 0.15) is 24.2 Å². The second kappa shape index (κ2) is 6.87. The Morgan fingerprint density at radius 3 is 2.80 bits per heavy atom. The number of carbonyl (C=O) groups excluding carboxylic acids is 1. The van der Waals surface area contributed by atoms with Crippen molar-refractivity contribution in [1.82, 2.24) is 9.27 Å². The van der Waals surface area contributed by atoms with Gasteiger partial charge in [0.2, 0.25) is 0 Å². The van der Waals surface area contributed by atoms with Gasteiger partial charge in [0, 0.05) is 13.1 Å². The molecular formula is C12H22N4O3S. The average molecular weight is 302 g/mol. The Balaban J connectivity index is 2.76. The summed E-state index contributed by atoms with van der Waals surface area (Å²) in [6.07, 6.45) is 0. The molecule has 4 N–H and O–H groups in total. The van der Waals surface area contributed by atoms with E-state index in [4.69, 9.17) is 10.5 Å². The fraction of sp³-hybridized carbons (Fsp3) is 0.667. The van der Waals surface area contributed by atoms with E-state index < -0.39 is 11.6 Å². The normalized spacial score (nSPS) is 14.1. The fourth-order valence-electron chi connectivity index (χ4n) is 1.83. The SMILES string of the molecule is CCOC(=O)c1c(N)nsc1NCC(C)(O)CN(C)C. The molecule has 0 saturated carbocycles. The molecule has 0 aliphatic rings. The Hall–Kier alpha value is -1.38. The predicted octanol–water partition coefficient (Wildman–Crippen LogP) is 0.626. The summed E-state index contributed by atoms with van der Waals surface area (Å²) in [4.78, 5) is 13.7. The molecule has 0 bridgehead atoms. The molecule has 0 saturated heterocycles. The standard InChI is InChI=1S/C12H22N4O3S/c1-5-19-11(17)8-9(13)15-20-10(8)14-6-12(2,18)7-16(3)4/h14,18H,5-7H2,1-4H3,(H2,13,15). The Bertz CT molecular complexity index is 460. The van der Waals surface area contributed by atoms with E-state index >= 15 is 0 Å². The summed E-state index contributed by atoms with van der Waals surface area (Å²) < 4.78 is 8.89. The predicted molar refractivity (Wildman–Crippen MR) is 80.2 cm³/mol. The van der Waals surface area contributed by atoms with Gasteiger partial charge < -0.3 is 25.8 Å². The number of likely N-dealkylation sites (N-methyl/N-ethyl adjacent to an activating group) is 1. The lowest BCUT2D eigenvalue weighted by Gasteiger charge is -2.27. The third-order valence-electron chi connectivity index (χ3n) is 2.48. The highest BCUT2D eigenvalue weighted by Crippen LogP contribution is 2.28. The first-order valence-corrected chi connectivity index (χ1v) is 7.07. The molecule has 1 unspecified atom stereocenters. The van der Waals surface area contributed by atoms with Gasteiger partial charge >= 0.3 is 5.97 Å². The van der Waals surface area contributed by atoms with E-state index in [0.29, 0.717) is 11.5 Å². The number of aliphatic hydroxyl groups is 1. The highest BCUT2D eigenvalue weighted by molar-refractivity contribution is 7.11. The zero-order valence-corrected chi connectivity index (χ0v) is 13.1. The first kappa shape index (κ1) is 16.7. The van der Waals surface area contributed by atoms with Crippen molar-refractivity contribution in [1.29, 1.82) is 0 Å². The highest BCUT2D eigenvalue weighted by Gasteiger charge is 2.25. The van der Waals surface area contributed by atoms with Crippen LogP contribution in [0.2, 0.25) is 0 Å². The van der Waals surface area contributed by atoms with E-state index in [0.717, 1.165) is 11.5 Å². The van der Waals surface area contributed by atoms with Crippen molar-refractivity contribution in [3.63, 3.8) is 0 Å². The minimum atomic E-state index is -0.936. The molecule has 1 atom stereocenters. The molecule has 0 amide bonds. The molecule has 0 aliphatic carbocycles. The first-order chi connectivity index (χ1) is 9.26. The van der Waals surface area contributed by atoms with Gasteiger partial charge in [0.1, 0.15) is 10.6 Å². The highest BCUT2D eigenvalue weighted by atomic mass is 32.1. The minimum Gasteiger partial charge on any atom is -0.462 e. The van der Waals surface area contributed by atoms with Crippen molar-refractivity contribution >= 4 is 28.3 Å². The summed E-state index contributed by atoms with van der Waals surface area (Å²) in [7, 11) is 3.76. The van der Waals surface area contributed by atoms with Crippen molar-refractivity contribution in [2.45, 2.75) is 19.4 Å².